The molecular formula is C12H11N3O. The molecule has 80 valence electrons. The summed E-state index contributed by atoms with van der Waals surface area (Å²) in [5.74, 6) is 0.763. The highest BCUT2D eigenvalue weighted by atomic mass is 16.5. The predicted octanol–water partition coefficient (Wildman–Crippen LogP) is 2.27. The topological polar surface area (TPSA) is 61.7 Å². The Morgan fingerprint density at radius 3 is 2.81 bits per heavy atom. The van der Waals surface area contributed by atoms with Crippen molar-refractivity contribution < 1.29 is 4.74 Å². The Kier molecular flexibility index (Phi) is 2.61. The molecule has 4 heteroatoms. The summed E-state index contributed by atoms with van der Waals surface area (Å²) in [4.78, 5) is 0. The molecule has 1 N–H and O–H groups in total. The van der Waals surface area contributed by atoms with Gasteiger partial charge >= 0.3 is 0 Å². The number of aryl methyl sites for hydroxylation is 1. The maximum absolute atomic E-state index is 8.72. The van der Waals surface area contributed by atoms with E-state index < -0.39 is 0 Å². The number of ether oxygens (including phenoxy) is 1. The summed E-state index contributed by atoms with van der Waals surface area (Å²) < 4.78 is 5.27. The second-order valence-electron chi connectivity index (χ2n) is 3.48. The van der Waals surface area contributed by atoms with Crippen molar-refractivity contribution in [3.8, 4) is 23.1 Å². The SMILES string of the molecule is COc1ccc(C)cc1-c1cc(C#N)n[nH]1. The molecule has 0 aliphatic carbocycles. The Bertz CT molecular complexity index is 552. The van der Waals surface area contributed by atoms with Crippen LogP contribution in [0.25, 0.3) is 11.3 Å². The largest absolute Gasteiger partial charge is 0.496 e. The third-order valence-corrected chi connectivity index (χ3v) is 2.34. The van der Waals surface area contributed by atoms with E-state index >= 15 is 0 Å². The van der Waals surface area contributed by atoms with Crippen LogP contribution in [0.1, 0.15) is 11.3 Å². The van der Waals surface area contributed by atoms with Crippen molar-refractivity contribution in [3.63, 3.8) is 0 Å². The Labute approximate surface area is 93.5 Å². The monoisotopic (exact) mass is 213 g/mol. The quantitative estimate of drug-likeness (QED) is 0.832. The van der Waals surface area contributed by atoms with Crippen molar-refractivity contribution >= 4 is 0 Å². The number of H-pyrrole nitrogens is 1. The minimum atomic E-state index is 0.374. The van der Waals surface area contributed by atoms with Gasteiger partial charge in [-0.15, -0.1) is 0 Å². The van der Waals surface area contributed by atoms with Gasteiger partial charge in [0.05, 0.1) is 12.8 Å². The van der Waals surface area contributed by atoms with Gasteiger partial charge in [-0.2, -0.15) is 10.4 Å². The minimum Gasteiger partial charge on any atom is -0.496 e. The Morgan fingerprint density at radius 1 is 1.38 bits per heavy atom. The van der Waals surface area contributed by atoms with E-state index in [1.165, 1.54) is 0 Å². The number of nitrogens with one attached hydrogen (secondary N) is 1. The number of hydrogen-bond acceptors (Lipinski definition) is 3. The summed E-state index contributed by atoms with van der Waals surface area (Å²) in [5.41, 5.74) is 3.20. The van der Waals surface area contributed by atoms with Crippen LogP contribution < -0.4 is 4.74 Å². The van der Waals surface area contributed by atoms with E-state index in [2.05, 4.69) is 10.2 Å². The Balaban J connectivity index is 2.54. The molecule has 0 spiro atoms. The molecule has 0 saturated carbocycles. The number of rotatable bonds is 2. The van der Waals surface area contributed by atoms with Crippen LogP contribution in [-0.2, 0) is 0 Å². The van der Waals surface area contributed by atoms with Gasteiger partial charge in [0, 0.05) is 11.6 Å². The van der Waals surface area contributed by atoms with Gasteiger partial charge in [-0.05, 0) is 19.1 Å². The smallest absolute Gasteiger partial charge is 0.162 e. The van der Waals surface area contributed by atoms with Crippen molar-refractivity contribution in [2.75, 3.05) is 7.11 Å². The maximum atomic E-state index is 8.72. The van der Waals surface area contributed by atoms with Crippen molar-refractivity contribution in [2.45, 2.75) is 6.92 Å². The van der Waals surface area contributed by atoms with E-state index in [-0.39, 0.29) is 0 Å². The van der Waals surface area contributed by atoms with Crippen LogP contribution in [0.4, 0.5) is 0 Å². The lowest BCUT2D eigenvalue weighted by molar-refractivity contribution is 0.416. The lowest BCUT2D eigenvalue weighted by atomic mass is 10.1. The number of aromatic nitrogens is 2. The fraction of sp³-hybridized carbons (Fsp3) is 0.167. The molecule has 2 aromatic rings. The molecular weight excluding hydrogens is 202 g/mol. The fourth-order valence-electron chi connectivity index (χ4n) is 1.55. The van der Waals surface area contributed by atoms with Crippen molar-refractivity contribution in [2.24, 2.45) is 0 Å². The van der Waals surface area contributed by atoms with Crippen molar-refractivity contribution in [3.05, 3.63) is 35.5 Å². The highest BCUT2D eigenvalue weighted by Crippen LogP contribution is 2.29. The zero-order valence-electron chi connectivity index (χ0n) is 9.11. The first-order valence-corrected chi connectivity index (χ1v) is 4.85. The standard InChI is InChI=1S/C12H11N3O/c1-8-3-4-12(16-2)10(5-8)11-6-9(7-13)14-15-11/h3-6H,1-2H3,(H,14,15). The third kappa shape index (κ3) is 1.75. The van der Waals surface area contributed by atoms with Crippen molar-refractivity contribution in [1.82, 2.24) is 10.2 Å². The summed E-state index contributed by atoms with van der Waals surface area (Å²) in [7, 11) is 1.62. The average molecular weight is 213 g/mol. The van der Waals surface area contributed by atoms with Gasteiger partial charge in [0.15, 0.2) is 5.69 Å². The fourth-order valence-corrected chi connectivity index (χ4v) is 1.55. The lowest BCUT2D eigenvalue weighted by Crippen LogP contribution is -1.88. The molecule has 1 aromatic heterocycles. The molecule has 16 heavy (non-hydrogen) atoms. The molecule has 0 aliphatic heterocycles. The first-order chi connectivity index (χ1) is 7.74. The Hall–Kier alpha value is -2.28. The van der Waals surface area contributed by atoms with Gasteiger partial charge in [0.1, 0.15) is 11.8 Å². The van der Waals surface area contributed by atoms with Crippen LogP contribution in [-0.4, -0.2) is 17.3 Å². The summed E-state index contributed by atoms with van der Waals surface area (Å²) in [5, 5.41) is 15.4. The molecule has 0 amide bonds. The highest BCUT2D eigenvalue weighted by Gasteiger charge is 2.09. The normalized spacial score (nSPS) is 9.81. The summed E-state index contributed by atoms with van der Waals surface area (Å²) in [6.07, 6.45) is 0. The average Bonchev–Trinajstić information content (AvgIpc) is 2.77. The molecule has 0 atom stereocenters. The summed E-state index contributed by atoms with van der Waals surface area (Å²) in [6, 6.07) is 9.56. The summed E-state index contributed by atoms with van der Waals surface area (Å²) in [6.45, 7) is 2.00. The number of nitrogens with zero attached hydrogens (tertiary/aromatic N) is 2. The molecule has 1 heterocycles. The molecule has 0 fully saturated rings. The van der Waals surface area contributed by atoms with E-state index in [1.807, 2.05) is 31.2 Å². The van der Waals surface area contributed by atoms with Crippen molar-refractivity contribution in [1.29, 1.82) is 5.26 Å². The molecule has 4 nitrogen and oxygen atoms in total. The zero-order chi connectivity index (χ0) is 11.5. The van der Waals surface area contributed by atoms with E-state index in [0.717, 1.165) is 22.6 Å². The van der Waals surface area contributed by atoms with E-state index in [9.17, 15) is 0 Å². The number of hydrogen-bond donors (Lipinski definition) is 1. The third-order valence-electron chi connectivity index (χ3n) is 2.34. The van der Waals surface area contributed by atoms with Gasteiger partial charge in [0.25, 0.3) is 0 Å². The number of nitriles is 1. The maximum Gasteiger partial charge on any atom is 0.162 e. The number of aromatic amines is 1. The van der Waals surface area contributed by atoms with Crippen LogP contribution in [0, 0.1) is 18.3 Å². The van der Waals surface area contributed by atoms with Gasteiger partial charge in [-0.25, -0.2) is 0 Å². The van der Waals surface area contributed by atoms with Gasteiger partial charge < -0.3 is 4.74 Å². The first-order valence-electron chi connectivity index (χ1n) is 4.85. The highest BCUT2D eigenvalue weighted by molar-refractivity contribution is 5.68. The second kappa shape index (κ2) is 4.07. The van der Waals surface area contributed by atoms with E-state index in [4.69, 9.17) is 10.00 Å². The molecule has 2 rings (SSSR count). The van der Waals surface area contributed by atoms with Gasteiger partial charge in [-0.1, -0.05) is 11.6 Å². The number of methoxy groups -OCH3 is 1. The predicted molar refractivity (Wildman–Crippen MR) is 60.0 cm³/mol. The van der Waals surface area contributed by atoms with Gasteiger partial charge in [-0.3, -0.25) is 5.10 Å². The molecule has 0 bridgehead atoms. The van der Waals surface area contributed by atoms with E-state index in [0.29, 0.717) is 5.69 Å². The molecule has 1 aromatic carbocycles. The van der Waals surface area contributed by atoms with Gasteiger partial charge in [0.2, 0.25) is 0 Å². The minimum absolute atomic E-state index is 0.374. The van der Waals surface area contributed by atoms with Crippen LogP contribution in [0.2, 0.25) is 0 Å². The molecule has 0 aliphatic rings. The lowest BCUT2D eigenvalue weighted by Gasteiger charge is -2.07. The molecule has 0 radical (unpaired) electrons. The van der Waals surface area contributed by atoms with Crippen LogP contribution >= 0.6 is 0 Å². The Morgan fingerprint density at radius 2 is 2.19 bits per heavy atom. The zero-order valence-corrected chi connectivity index (χ0v) is 9.11. The van der Waals surface area contributed by atoms with Crippen LogP contribution in [0.3, 0.4) is 0 Å². The second-order valence-corrected chi connectivity index (χ2v) is 3.48. The van der Waals surface area contributed by atoms with E-state index in [1.54, 1.807) is 13.2 Å². The molecule has 0 unspecified atom stereocenters. The first kappa shape index (κ1) is 10.2. The van der Waals surface area contributed by atoms with Crippen LogP contribution in [0.5, 0.6) is 5.75 Å². The molecule has 0 saturated heterocycles. The van der Waals surface area contributed by atoms with Crippen LogP contribution in [0.15, 0.2) is 24.3 Å². The summed E-state index contributed by atoms with van der Waals surface area (Å²) >= 11 is 0. The number of benzene rings is 1.